The van der Waals surface area contributed by atoms with E-state index in [0.717, 1.165) is 10.6 Å². The zero-order valence-corrected chi connectivity index (χ0v) is 8.08. The molecule has 0 radical (unpaired) electrons. The average Bonchev–Trinajstić information content (AvgIpc) is 2.08. The first-order chi connectivity index (χ1) is 5.77. The largest absolute Gasteiger partial charge is 0.328 e. The van der Waals surface area contributed by atoms with E-state index in [1.165, 1.54) is 0 Å². The maximum absolute atomic E-state index is 10.2. The highest BCUT2D eigenvalue weighted by Gasteiger charge is 2.00. The van der Waals surface area contributed by atoms with Crippen molar-refractivity contribution in [2.45, 2.75) is 4.90 Å². The van der Waals surface area contributed by atoms with Gasteiger partial charge in [-0.25, -0.2) is 0 Å². The highest BCUT2D eigenvalue weighted by Crippen LogP contribution is 2.27. The molecule has 0 saturated heterocycles. The lowest BCUT2D eigenvalue weighted by atomic mass is 10.3. The average molecular weight is 202 g/mol. The molecule has 12 heavy (non-hydrogen) atoms. The minimum atomic E-state index is 0.656. The number of rotatable bonds is 3. The van der Waals surface area contributed by atoms with Crippen LogP contribution in [0.1, 0.15) is 0 Å². The van der Waals surface area contributed by atoms with Crippen LogP contribution >= 0.6 is 23.4 Å². The molecule has 1 rings (SSSR count). The topological polar surface area (TPSA) is 29.1 Å². The highest BCUT2D eigenvalue weighted by atomic mass is 35.5. The Labute approximate surface area is 80.3 Å². The van der Waals surface area contributed by atoms with Crippen LogP contribution in [0.15, 0.2) is 23.1 Å². The second-order valence-electron chi connectivity index (χ2n) is 2.11. The molecule has 0 spiro atoms. The predicted octanol–water partition coefficient (Wildman–Crippen LogP) is 2.63. The third-order valence-electron chi connectivity index (χ3n) is 1.38. The molecule has 0 atom stereocenters. The summed E-state index contributed by atoms with van der Waals surface area (Å²) in [5, 5.41) is 3.27. The number of anilines is 1. The first kappa shape index (κ1) is 9.42. The van der Waals surface area contributed by atoms with E-state index in [1.54, 1.807) is 23.9 Å². The van der Waals surface area contributed by atoms with Crippen LogP contribution in [-0.4, -0.2) is 12.7 Å². The van der Waals surface area contributed by atoms with Gasteiger partial charge in [0, 0.05) is 9.92 Å². The quantitative estimate of drug-likeness (QED) is 0.602. The number of thioether (sulfide) groups is 1. The number of carbonyl (C=O) groups is 1. The number of carbonyl (C=O) groups excluding carboxylic acids is 1. The van der Waals surface area contributed by atoms with Crippen molar-refractivity contribution >= 4 is 35.5 Å². The monoisotopic (exact) mass is 201 g/mol. The van der Waals surface area contributed by atoms with Crippen molar-refractivity contribution in [2.75, 3.05) is 11.6 Å². The van der Waals surface area contributed by atoms with Crippen molar-refractivity contribution in [3.63, 3.8) is 0 Å². The van der Waals surface area contributed by atoms with Crippen molar-refractivity contribution in [2.24, 2.45) is 0 Å². The second-order valence-corrected chi connectivity index (χ2v) is 3.39. The van der Waals surface area contributed by atoms with Crippen molar-refractivity contribution in [3.8, 4) is 0 Å². The molecule has 4 heteroatoms. The van der Waals surface area contributed by atoms with Crippen LogP contribution in [0.25, 0.3) is 0 Å². The fourth-order valence-corrected chi connectivity index (χ4v) is 1.68. The standard InChI is InChI=1S/C8H8ClNOS/c1-12-8-4-6(9)2-3-7(8)10-5-11/h2-5H,1H3,(H,10,11). The molecular formula is C8H8ClNOS. The van der Waals surface area contributed by atoms with Crippen LogP contribution in [0.3, 0.4) is 0 Å². The zero-order chi connectivity index (χ0) is 8.97. The van der Waals surface area contributed by atoms with Gasteiger partial charge in [-0.1, -0.05) is 11.6 Å². The molecule has 1 aromatic rings. The van der Waals surface area contributed by atoms with E-state index in [2.05, 4.69) is 5.32 Å². The highest BCUT2D eigenvalue weighted by molar-refractivity contribution is 7.98. The summed E-state index contributed by atoms with van der Waals surface area (Å²) in [6.45, 7) is 0. The van der Waals surface area contributed by atoms with Gasteiger partial charge in [-0.2, -0.15) is 0 Å². The first-order valence-corrected chi connectivity index (χ1v) is 4.92. The summed E-state index contributed by atoms with van der Waals surface area (Å²) in [7, 11) is 0. The van der Waals surface area contributed by atoms with Crippen LogP contribution in [0.4, 0.5) is 5.69 Å². The van der Waals surface area contributed by atoms with Crippen LogP contribution < -0.4 is 5.32 Å². The van der Waals surface area contributed by atoms with Crippen LogP contribution in [0.5, 0.6) is 0 Å². The van der Waals surface area contributed by atoms with Crippen molar-refractivity contribution in [1.29, 1.82) is 0 Å². The lowest BCUT2D eigenvalue weighted by Gasteiger charge is -2.04. The molecule has 2 nitrogen and oxygen atoms in total. The van der Waals surface area contributed by atoms with Crippen molar-refractivity contribution in [1.82, 2.24) is 0 Å². The maximum atomic E-state index is 10.2. The molecule has 0 saturated carbocycles. The molecule has 0 heterocycles. The van der Waals surface area contributed by atoms with Gasteiger partial charge in [-0.15, -0.1) is 11.8 Å². The van der Waals surface area contributed by atoms with Crippen LogP contribution in [-0.2, 0) is 4.79 Å². The minimum absolute atomic E-state index is 0.656. The zero-order valence-electron chi connectivity index (χ0n) is 6.50. The Morgan fingerprint density at radius 1 is 1.58 bits per heavy atom. The Bertz CT molecular complexity index is 290. The Balaban J connectivity index is 3.01. The molecule has 0 unspecified atom stereocenters. The van der Waals surface area contributed by atoms with E-state index in [4.69, 9.17) is 11.6 Å². The fourth-order valence-electron chi connectivity index (χ4n) is 0.848. The normalized spacial score (nSPS) is 9.50. The lowest BCUT2D eigenvalue weighted by molar-refractivity contribution is -0.105. The summed E-state index contributed by atoms with van der Waals surface area (Å²) < 4.78 is 0. The van der Waals surface area contributed by atoms with Gasteiger partial charge in [0.15, 0.2) is 0 Å². The van der Waals surface area contributed by atoms with Crippen molar-refractivity contribution < 1.29 is 4.79 Å². The van der Waals surface area contributed by atoms with E-state index in [1.807, 2.05) is 12.3 Å². The van der Waals surface area contributed by atoms with Gasteiger partial charge in [-0.05, 0) is 24.5 Å². The molecule has 64 valence electrons. The smallest absolute Gasteiger partial charge is 0.211 e. The molecule has 0 bridgehead atoms. The third kappa shape index (κ3) is 2.16. The Morgan fingerprint density at radius 3 is 2.92 bits per heavy atom. The third-order valence-corrected chi connectivity index (χ3v) is 2.39. The van der Waals surface area contributed by atoms with E-state index < -0.39 is 0 Å². The molecule has 1 aromatic carbocycles. The Hall–Kier alpha value is -0.670. The van der Waals surface area contributed by atoms with Gasteiger partial charge < -0.3 is 5.32 Å². The van der Waals surface area contributed by atoms with E-state index in [0.29, 0.717) is 11.4 Å². The summed E-state index contributed by atoms with van der Waals surface area (Å²) in [6, 6.07) is 5.34. The van der Waals surface area contributed by atoms with Gasteiger partial charge in [0.25, 0.3) is 0 Å². The van der Waals surface area contributed by atoms with E-state index in [-0.39, 0.29) is 0 Å². The second kappa shape index (κ2) is 4.38. The number of halogens is 1. The van der Waals surface area contributed by atoms with Crippen LogP contribution in [0.2, 0.25) is 5.02 Å². The number of hydrogen-bond donors (Lipinski definition) is 1. The first-order valence-electron chi connectivity index (χ1n) is 3.31. The molecule has 0 aliphatic heterocycles. The molecule has 0 aromatic heterocycles. The molecule has 0 aliphatic rings. The summed E-state index contributed by atoms with van der Waals surface area (Å²) >= 11 is 7.31. The molecule has 1 amide bonds. The minimum Gasteiger partial charge on any atom is -0.328 e. The number of benzene rings is 1. The fraction of sp³-hybridized carbons (Fsp3) is 0.125. The van der Waals surface area contributed by atoms with Gasteiger partial charge in [0.1, 0.15) is 0 Å². The Morgan fingerprint density at radius 2 is 2.33 bits per heavy atom. The van der Waals surface area contributed by atoms with E-state index in [9.17, 15) is 4.79 Å². The molecule has 0 aliphatic carbocycles. The van der Waals surface area contributed by atoms with Crippen molar-refractivity contribution in [3.05, 3.63) is 23.2 Å². The van der Waals surface area contributed by atoms with Gasteiger partial charge in [0.05, 0.1) is 5.69 Å². The predicted molar refractivity (Wildman–Crippen MR) is 52.9 cm³/mol. The SMILES string of the molecule is CSc1cc(Cl)ccc1NC=O. The summed E-state index contributed by atoms with van der Waals surface area (Å²) in [6.07, 6.45) is 2.59. The molecule has 1 N–H and O–H groups in total. The summed E-state index contributed by atoms with van der Waals surface area (Å²) in [4.78, 5) is 11.1. The van der Waals surface area contributed by atoms with Gasteiger partial charge >= 0.3 is 0 Å². The van der Waals surface area contributed by atoms with Crippen LogP contribution in [0, 0.1) is 0 Å². The molecule has 0 fully saturated rings. The number of nitrogens with one attached hydrogen (secondary N) is 1. The van der Waals surface area contributed by atoms with Gasteiger partial charge in [-0.3, -0.25) is 4.79 Å². The number of hydrogen-bond acceptors (Lipinski definition) is 2. The molecular weight excluding hydrogens is 194 g/mol. The lowest BCUT2D eigenvalue weighted by Crippen LogP contribution is -1.94. The maximum Gasteiger partial charge on any atom is 0.211 e. The summed E-state index contributed by atoms with van der Waals surface area (Å²) in [5.74, 6) is 0. The van der Waals surface area contributed by atoms with Gasteiger partial charge in [0.2, 0.25) is 6.41 Å². The summed E-state index contributed by atoms with van der Waals surface area (Å²) in [5.41, 5.74) is 0.793. The van der Waals surface area contributed by atoms with E-state index >= 15 is 0 Å². The number of amides is 1. The Kier molecular flexibility index (Phi) is 3.44.